The molecule has 0 bridgehead atoms. The zero-order valence-corrected chi connectivity index (χ0v) is 28.5. The quantitative estimate of drug-likeness (QED) is 0.0817. The first kappa shape index (κ1) is 32.2. The van der Waals surface area contributed by atoms with Crippen LogP contribution in [0.1, 0.15) is 130 Å². The summed E-state index contributed by atoms with van der Waals surface area (Å²) in [5.41, 5.74) is 10.2. The maximum atomic E-state index is 13.6. The summed E-state index contributed by atoms with van der Waals surface area (Å²) in [6, 6.07) is 23.7. The number of unbranched alkanes of at least 4 members (excludes halogenated alkanes) is 10. The van der Waals surface area contributed by atoms with Crippen LogP contribution in [0, 0.1) is 13.8 Å². The van der Waals surface area contributed by atoms with Crippen LogP contribution in [0.4, 0.5) is 0 Å². The Labute approximate surface area is 275 Å². The largest absolute Gasteiger partial charge is 0.449 e. The van der Waals surface area contributed by atoms with Gasteiger partial charge in [0.25, 0.3) is 0 Å². The maximum absolute atomic E-state index is 13.6. The second-order valence-electron chi connectivity index (χ2n) is 13.4. The standard InChI is InChI=1S/C42H52N2O2/c1-5-7-9-11-13-19-28-43-30(3)38(32-22-15-17-26-36(32)43)34-24-21-25-35-40(34)41(46-42(35)45)39-31(4)44(29-20-14-12-10-8-6-2)37-27-18-16-23-33(37)39/h15-18,21-27,41H,5-14,19-20,28-29H2,1-4H3. The Hall–Kier alpha value is -3.79. The number of benzene rings is 3. The zero-order chi connectivity index (χ0) is 32.0. The Kier molecular flexibility index (Phi) is 10.3. The van der Waals surface area contributed by atoms with Crippen molar-refractivity contribution < 1.29 is 9.53 Å². The first-order valence-electron chi connectivity index (χ1n) is 18.1. The number of nitrogens with zero attached hydrogens (tertiary/aromatic N) is 2. The fraction of sp³-hybridized carbons (Fsp3) is 0.452. The minimum atomic E-state index is -0.436. The molecule has 3 aromatic carbocycles. The molecule has 0 N–H and O–H groups in total. The molecular weight excluding hydrogens is 564 g/mol. The number of fused-ring (bicyclic) bond motifs is 3. The molecule has 6 rings (SSSR count). The number of carbonyl (C=O) groups excluding carboxylic acids is 1. The van der Waals surface area contributed by atoms with Gasteiger partial charge in [-0.05, 0) is 50.5 Å². The summed E-state index contributed by atoms with van der Waals surface area (Å²) < 4.78 is 11.3. The van der Waals surface area contributed by atoms with Gasteiger partial charge in [0.15, 0.2) is 6.10 Å². The molecule has 5 aromatic rings. The van der Waals surface area contributed by atoms with Crippen LogP contribution in [-0.4, -0.2) is 15.1 Å². The SMILES string of the molecule is CCCCCCCCn1c(C)c(-c2cccc3c2C(c2c(C)n(CCCCCCCC)c4ccccc24)OC3=O)c2ccccc21. The van der Waals surface area contributed by atoms with Crippen molar-refractivity contribution in [3.63, 3.8) is 0 Å². The number of carbonyl (C=O) groups is 1. The maximum Gasteiger partial charge on any atom is 0.339 e. The summed E-state index contributed by atoms with van der Waals surface area (Å²) in [4.78, 5) is 13.6. The van der Waals surface area contributed by atoms with Crippen molar-refractivity contribution in [1.82, 2.24) is 9.13 Å². The van der Waals surface area contributed by atoms with E-state index in [1.54, 1.807) is 0 Å². The van der Waals surface area contributed by atoms with Crippen LogP contribution in [0.2, 0.25) is 0 Å². The lowest BCUT2D eigenvalue weighted by atomic mass is 9.88. The molecule has 2 aromatic heterocycles. The van der Waals surface area contributed by atoms with Gasteiger partial charge < -0.3 is 13.9 Å². The molecular formula is C42H52N2O2. The molecule has 4 nitrogen and oxygen atoms in total. The van der Waals surface area contributed by atoms with Crippen molar-refractivity contribution in [3.05, 3.63) is 94.8 Å². The third-order valence-corrected chi connectivity index (χ3v) is 10.3. The molecule has 1 aliphatic heterocycles. The van der Waals surface area contributed by atoms with Crippen molar-refractivity contribution in [1.29, 1.82) is 0 Å². The molecule has 4 heteroatoms. The highest BCUT2D eigenvalue weighted by Crippen LogP contribution is 2.48. The molecule has 46 heavy (non-hydrogen) atoms. The number of cyclic esters (lactones) is 1. The van der Waals surface area contributed by atoms with Gasteiger partial charge in [0.1, 0.15) is 0 Å². The lowest BCUT2D eigenvalue weighted by Crippen LogP contribution is -2.06. The molecule has 0 aliphatic carbocycles. The Morgan fingerprint density at radius 3 is 1.74 bits per heavy atom. The summed E-state index contributed by atoms with van der Waals surface area (Å²) in [6.07, 6.45) is 14.8. The Morgan fingerprint density at radius 2 is 1.09 bits per heavy atom. The van der Waals surface area contributed by atoms with Gasteiger partial charge in [-0.15, -0.1) is 0 Å². The van der Waals surface area contributed by atoms with E-state index < -0.39 is 6.10 Å². The summed E-state index contributed by atoms with van der Waals surface area (Å²) in [5, 5.41) is 2.44. The van der Waals surface area contributed by atoms with E-state index in [1.165, 1.54) is 109 Å². The average molecular weight is 617 g/mol. The normalized spacial score (nSPS) is 14.4. The number of aryl methyl sites for hydroxylation is 2. The molecule has 0 spiro atoms. The lowest BCUT2D eigenvalue weighted by molar-refractivity contribution is 0.0457. The highest BCUT2D eigenvalue weighted by molar-refractivity contribution is 6.04. The van der Waals surface area contributed by atoms with Crippen molar-refractivity contribution in [2.24, 2.45) is 0 Å². The van der Waals surface area contributed by atoms with E-state index >= 15 is 0 Å². The third kappa shape index (κ3) is 6.16. The Balaban J connectivity index is 1.40. The van der Waals surface area contributed by atoms with Crippen molar-refractivity contribution in [2.75, 3.05) is 0 Å². The molecule has 0 radical (unpaired) electrons. The third-order valence-electron chi connectivity index (χ3n) is 10.3. The minimum absolute atomic E-state index is 0.220. The first-order valence-corrected chi connectivity index (χ1v) is 18.1. The van der Waals surface area contributed by atoms with Gasteiger partial charge in [-0.1, -0.05) is 127 Å². The van der Waals surface area contributed by atoms with E-state index in [1.807, 2.05) is 12.1 Å². The highest BCUT2D eigenvalue weighted by Gasteiger charge is 2.38. The predicted octanol–water partition coefficient (Wildman–Crippen LogP) is 11.9. The fourth-order valence-corrected chi connectivity index (χ4v) is 7.91. The second-order valence-corrected chi connectivity index (χ2v) is 13.4. The molecule has 3 heterocycles. The van der Waals surface area contributed by atoms with Gasteiger partial charge >= 0.3 is 5.97 Å². The van der Waals surface area contributed by atoms with Crippen molar-refractivity contribution in [2.45, 2.75) is 124 Å². The Morgan fingerprint density at radius 1 is 0.565 bits per heavy atom. The van der Waals surface area contributed by atoms with E-state index in [-0.39, 0.29) is 5.97 Å². The van der Waals surface area contributed by atoms with E-state index in [2.05, 4.69) is 91.4 Å². The van der Waals surface area contributed by atoms with Crippen molar-refractivity contribution in [3.8, 4) is 11.1 Å². The number of ether oxygens (including phenoxy) is 1. The minimum Gasteiger partial charge on any atom is -0.449 e. The summed E-state index contributed by atoms with van der Waals surface area (Å²) >= 11 is 0. The van der Waals surface area contributed by atoms with Crippen LogP contribution >= 0.6 is 0 Å². The van der Waals surface area contributed by atoms with Gasteiger partial charge in [-0.3, -0.25) is 0 Å². The molecule has 1 aliphatic rings. The number of rotatable bonds is 16. The molecule has 0 amide bonds. The molecule has 1 unspecified atom stereocenters. The Bertz CT molecular complexity index is 1810. The van der Waals surface area contributed by atoms with Gasteiger partial charge in [0, 0.05) is 63.0 Å². The van der Waals surface area contributed by atoms with Crippen LogP contribution in [0.5, 0.6) is 0 Å². The van der Waals surface area contributed by atoms with Crippen LogP contribution in [0.25, 0.3) is 32.9 Å². The highest BCUT2D eigenvalue weighted by atomic mass is 16.5. The van der Waals surface area contributed by atoms with Crippen LogP contribution in [-0.2, 0) is 17.8 Å². The number of esters is 1. The zero-order valence-electron chi connectivity index (χ0n) is 28.5. The average Bonchev–Trinajstić information content (AvgIpc) is 3.66. The second kappa shape index (κ2) is 14.8. The molecule has 0 fully saturated rings. The molecule has 0 saturated carbocycles. The summed E-state index contributed by atoms with van der Waals surface area (Å²) in [6.45, 7) is 11.0. The van der Waals surface area contributed by atoms with Gasteiger partial charge in [0.05, 0.1) is 5.56 Å². The van der Waals surface area contributed by atoms with E-state index in [0.717, 1.165) is 36.2 Å². The van der Waals surface area contributed by atoms with E-state index in [0.29, 0.717) is 5.56 Å². The van der Waals surface area contributed by atoms with Gasteiger partial charge in [0.2, 0.25) is 0 Å². The van der Waals surface area contributed by atoms with Crippen molar-refractivity contribution >= 4 is 27.8 Å². The van der Waals surface area contributed by atoms with Crippen LogP contribution < -0.4 is 0 Å². The predicted molar refractivity (Wildman–Crippen MR) is 193 cm³/mol. The topological polar surface area (TPSA) is 36.2 Å². The van der Waals surface area contributed by atoms with Gasteiger partial charge in [-0.2, -0.15) is 0 Å². The molecule has 1 atom stereocenters. The van der Waals surface area contributed by atoms with Gasteiger partial charge in [-0.25, -0.2) is 4.79 Å². The molecule has 242 valence electrons. The molecule has 0 saturated heterocycles. The summed E-state index contributed by atoms with van der Waals surface area (Å²) in [5.74, 6) is -0.220. The van der Waals surface area contributed by atoms with E-state index in [4.69, 9.17) is 4.74 Å². The number of para-hydroxylation sites is 2. The fourth-order valence-electron chi connectivity index (χ4n) is 7.91. The monoisotopic (exact) mass is 616 g/mol. The smallest absolute Gasteiger partial charge is 0.339 e. The summed E-state index contributed by atoms with van der Waals surface area (Å²) in [7, 11) is 0. The van der Waals surface area contributed by atoms with E-state index in [9.17, 15) is 4.79 Å². The van der Waals surface area contributed by atoms with Crippen LogP contribution in [0.15, 0.2) is 66.7 Å². The number of hydrogen-bond acceptors (Lipinski definition) is 2. The van der Waals surface area contributed by atoms with Crippen LogP contribution in [0.3, 0.4) is 0 Å². The number of hydrogen-bond donors (Lipinski definition) is 0. The number of aromatic nitrogens is 2. The first-order chi connectivity index (χ1) is 22.6. The lowest BCUT2D eigenvalue weighted by Gasteiger charge is -2.17.